The minimum atomic E-state index is -4.41. The zero-order valence-corrected chi connectivity index (χ0v) is 23.6. The van der Waals surface area contributed by atoms with Gasteiger partial charge in [-0.2, -0.15) is 0 Å². The van der Waals surface area contributed by atoms with Gasteiger partial charge < -0.3 is 9.04 Å². The zero-order valence-electron chi connectivity index (χ0n) is 22.8. The first kappa shape index (κ1) is 34.0. The first-order valence-corrected chi connectivity index (χ1v) is 14.5. The van der Waals surface area contributed by atoms with Crippen molar-refractivity contribution in [3.05, 3.63) is 0 Å². The summed E-state index contributed by atoms with van der Waals surface area (Å²) in [6.07, 6.45) is 17.1. The van der Waals surface area contributed by atoms with E-state index in [0.29, 0.717) is 0 Å². The van der Waals surface area contributed by atoms with Gasteiger partial charge in [0.1, 0.15) is 0 Å². The van der Waals surface area contributed by atoms with E-state index in [9.17, 15) is 13.0 Å². The summed E-state index contributed by atoms with van der Waals surface area (Å²) in [5.41, 5.74) is 0. The summed E-state index contributed by atoms with van der Waals surface area (Å²) in [6, 6.07) is 0. The molecule has 0 atom stereocenters. The van der Waals surface area contributed by atoms with Crippen molar-refractivity contribution < 1.29 is 21.6 Å². The first-order chi connectivity index (χ1) is 14.8. The van der Waals surface area contributed by atoms with Crippen LogP contribution in [0, 0.1) is 17.8 Å². The third-order valence-electron chi connectivity index (χ3n) is 6.14. The molecule has 6 heteroatoms. The summed E-state index contributed by atoms with van der Waals surface area (Å²) < 4.78 is 32.4. The van der Waals surface area contributed by atoms with Gasteiger partial charge in [-0.25, -0.2) is 8.42 Å². The topological polar surface area (TPSA) is 66.4 Å². The molecule has 0 amide bonds. The van der Waals surface area contributed by atoms with Gasteiger partial charge in [-0.05, 0) is 56.3 Å². The summed E-state index contributed by atoms with van der Waals surface area (Å²) in [6.45, 7) is 18.4. The molecule has 0 fully saturated rings. The molecule has 0 N–H and O–H groups in total. The van der Waals surface area contributed by atoms with Crippen molar-refractivity contribution in [1.29, 1.82) is 0 Å². The van der Waals surface area contributed by atoms with E-state index in [4.69, 9.17) is 0 Å². The highest BCUT2D eigenvalue weighted by molar-refractivity contribution is 7.80. The van der Waals surface area contributed by atoms with Crippen LogP contribution in [0.5, 0.6) is 0 Å². The summed E-state index contributed by atoms with van der Waals surface area (Å²) >= 11 is 0. The molecule has 0 aliphatic heterocycles. The largest absolute Gasteiger partial charge is 0.726 e. The number of hydrogen-bond donors (Lipinski definition) is 0. The number of hydrogen-bond acceptors (Lipinski definition) is 4. The highest BCUT2D eigenvalue weighted by Gasteiger charge is 2.20. The average Bonchev–Trinajstić information content (AvgIpc) is 2.66. The number of rotatable bonds is 19. The van der Waals surface area contributed by atoms with Crippen molar-refractivity contribution in [3.63, 3.8) is 0 Å². The number of nitrogens with zero attached hydrogens (tertiary/aromatic N) is 1. The van der Waals surface area contributed by atoms with Gasteiger partial charge >= 0.3 is 0 Å². The molecular weight excluding hydrogens is 422 g/mol. The van der Waals surface area contributed by atoms with E-state index < -0.39 is 10.4 Å². The molecule has 0 aliphatic carbocycles. The second-order valence-corrected chi connectivity index (χ2v) is 12.2. The molecule has 0 radical (unpaired) electrons. The Morgan fingerprint density at radius 2 is 0.875 bits per heavy atom. The third kappa shape index (κ3) is 27.9. The predicted octanol–water partition coefficient (Wildman–Crippen LogP) is 7.18. The van der Waals surface area contributed by atoms with Gasteiger partial charge in [-0.1, -0.05) is 80.1 Å². The molecule has 0 aromatic carbocycles. The van der Waals surface area contributed by atoms with E-state index in [-0.39, 0.29) is 0 Å². The summed E-state index contributed by atoms with van der Waals surface area (Å²) in [5, 5.41) is 0. The monoisotopic (exact) mass is 479 g/mol. The molecule has 5 nitrogen and oxygen atoms in total. The van der Waals surface area contributed by atoms with Crippen molar-refractivity contribution in [3.8, 4) is 0 Å². The molecule has 0 rings (SSSR count). The van der Waals surface area contributed by atoms with Crippen LogP contribution in [-0.4, -0.2) is 51.2 Å². The Bertz CT molecular complexity index is 458. The van der Waals surface area contributed by atoms with Gasteiger partial charge in [0.2, 0.25) is 10.4 Å². The average molecular weight is 480 g/mol. The van der Waals surface area contributed by atoms with Crippen LogP contribution in [0.4, 0.5) is 0 Å². The Balaban J connectivity index is 0. The van der Waals surface area contributed by atoms with Crippen LogP contribution >= 0.6 is 0 Å². The quantitative estimate of drug-likeness (QED) is 0.0852. The lowest BCUT2D eigenvalue weighted by Gasteiger charge is -2.35. The van der Waals surface area contributed by atoms with E-state index in [1.54, 1.807) is 0 Å². The fourth-order valence-corrected chi connectivity index (χ4v) is 4.00. The van der Waals surface area contributed by atoms with Crippen LogP contribution in [0.3, 0.4) is 0 Å². The number of quaternary nitrogens is 1. The molecular formula is C26H57NO4S. The Kier molecular flexibility index (Phi) is 21.5. The van der Waals surface area contributed by atoms with Gasteiger partial charge in [0.25, 0.3) is 0 Å². The van der Waals surface area contributed by atoms with Crippen molar-refractivity contribution >= 4 is 10.4 Å². The van der Waals surface area contributed by atoms with Crippen LogP contribution in [0.15, 0.2) is 0 Å². The molecule has 0 bridgehead atoms. The lowest BCUT2D eigenvalue weighted by atomic mass is 10.0. The number of unbranched alkanes of at least 4 members (excludes halogenated alkanes) is 6. The zero-order chi connectivity index (χ0) is 25.0. The minimum absolute atomic E-state index is 0.808. The first-order valence-electron chi connectivity index (χ1n) is 13.2. The molecule has 196 valence electrons. The van der Waals surface area contributed by atoms with E-state index in [2.05, 4.69) is 52.8 Å². The maximum atomic E-state index is 9.22. The third-order valence-corrected chi connectivity index (χ3v) is 6.55. The van der Waals surface area contributed by atoms with Gasteiger partial charge in [-0.3, -0.25) is 4.18 Å². The smallest absolute Gasteiger partial charge is 0.217 e. The van der Waals surface area contributed by atoms with Gasteiger partial charge in [0, 0.05) is 0 Å². The van der Waals surface area contributed by atoms with Gasteiger partial charge in [0.15, 0.2) is 0 Å². The minimum Gasteiger partial charge on any atom is -0.726 e. The maximum absolute atomic E-state index is 9.22. The normalized spacial score (nSPS) is 12.5. The van der Waals surface area contributed by atoms with Crippen molar-refractivity contribution in [1.82, 2.24) is 0 Å². The molecule has 0 saturated heterocycles. The van der Waals surface area contributed by atoms with E-state index in [1.807, 2.05) is 0 Å². The fourth-order valence-electron chi connectivity index (χ4n) is 4.00. The van der Waals surface area contributed by atoms with Crippen molar-refractivity contribution in [2.45, 2.75) is 119 Å². The second-order valence-electron chi connectivity index (χ2n) is 11.1. The van der Waals surface area contributed by atoms with Crippen molar-refractivity contribution in [2.24, 2.45) is 17.8 Å². The van der Waals surface area contributed by atoms with E-state index in [0.717, 1.165) is 24.9 Å². The molecule has 32 heavy (non-hydrogen) atoms. The van der Waals surface area contributed by atoms with Gasteiger partial charge in [0.05, 0.1) is 33.8 Å². The Morgan fingerprint density at radius 3 is 1.06 bits per heavy atom. The molecule has 0 aliphatic rings. The van der Waals surface area contributed by atoms with Crippen LogP contribution in [-0.2, 0) is 14.6 Å². The second kappa shape index (κ2) is 20.2. The van der Waals surface area contributed by atoms with Crippen LogP contribution in [0.25, 0.3) is 0 Å². The lowest BCUT2D eigenvalue weighted by Crippen LogP contribution is -2.46. The van der Waals surface area contributed by atoms with E-state index >= 15 is 0 Å². The van der Waals surface area contributed by atoms with Gasteiger partial charge in [-0.15, -0.1) is 0 Å². The SMILES string of the molecule is CC(C)CCCCC[N+](C)(CCCCCC(C)C)CCCCCC(C)C.COS(=O)(=O)[O-]. The van der Waals surface area contributed by atoms with E-state index in [1.165, 1.54) is 101 Å². The van der Waals surface area contributed by atoms with Crippen LogP contribution in [0.1, 0.15) is 119 Å². The molecule has 0 unspecified atom stereocenters. The summed E-state index contributed by atoms with van der Waals surface area (Å²) in [7, 11) is -1.06. The molecule has 0 spiro atoms. The van der Waals surface area contributed by atoms with Crippen molar-refractivity contribution in [2.75, 3.05) is 33.8 Å². The Labute approximate surface area is 202 Å². The highest BCUT2D eigenvalue weighted by atomic mass is 32.3. The molecule has 0 heterocycles. The molecule has 0 aromatic rings. The Hall–Kier alpha value is -0.170. The maximum Gasteiger partial charge on any atom is 0.217 e. The lowest BCUT2D eigenvalue weighted by molar-refractivity contribution is -0.910. The molecule has 0 saturated carbocycles. The summed E-state index contributed by atoms with van der Waals surface area (Å²) in [4.78, 5) is 0. The Morgan fingerprint density at radius 1 is 0.625 bits per heavy atom. The summed E-state index contributed by atoms with van der Waals surface area (Å²) in [5.74, 6) is 2.62. The van der Waals surface area contributed by atoms with Crippen LogP contribution in [0.2, 0.25) is 0 Å². The standard InChI is InChI=1S/C25H54N.CH4O4S/c1-23(2)17-11-8-14-20-26(7,21-15-9-12-18-24(3)4)22-16-10-13-19-25(5)6;1-5-6(2,3)4/h23-25H,8-22H2,1-7H3;1H3,(H,2,3,4)/q+1;/p-1. The highest BCUT2D eigenvalue weighted by Crippen LogP contribution is 2.17. The molecule has 0 aromatic heterocycles. The fraction of sp³-hybridized carbons (Fsp3) is 1.00. The predicted molar refractivity (Wildman–Crippen MR) is 137 cm³/mol. The van der Waals surface area contributed by atoms with Crippen LogP contribution < -0.4 is 0 Å².